The minimum absolute atomic E-state index is 0.0390. The van der Waals surface area contributed by atoms with Crippen LogP contribution in [0.4, 0.5) is 0 Å². The molecular weight excluding hydrogens is 192 g/mol. The van der Waals surface area contributed by atoms with Crippen molar-refractivity contribution in [3.63, 3.8) is 0 Å². The molecule has 0 radical (unpaired) electrons. The summed E-state index contributed by atoms with van der Waals surface area (Å²) in [5.74, 6) is -0.243. The monoisotopic (exact) mass is 214 g/mol. The van der Waals surface area contributed by atoms with Crippen molar-refractivity contribution in [1.82, 2.24) is 0 Å². The van der Waals surface area contributed by atoms with E-state index in [1.54, 1.807) is 0 Å². The molecule has 0 saturated carbocycles. The summed E-state index contributed by atoms with van der Waals surface area (Å²) >= 11 is 0. The highest BCUT2D eigenvalue weighted by atomic mass is 16.5. The third-order valence-electron chi connectivity index (χ3n) is 2.87. The summed E-state index contributed by atoms with van der Waals surface area (Å²) < 4.78 is 5.16. The molecule has 1 aliphatic rings. The number of carbonyl (C=O) groups is 1. The Labute approximate surface area is 91.8 Å². The van der Waals surface area contributed by atoms with Gasteiger partial charge in [0, 0.05) is 6.42 Å². The third kappa shape index (κ3) is 5.17. The van der Waals surface area contributed by atoms with Crippen LogP contribution in [-0.4, -0.2) is 23.3 Å². The standard InChI is InChI=1S/C12H22O3/c1-2-3-4-5-6-7-11-8-10(13)9-12(14)15-11/h10-11,13H,2-9H2,1H3/t10-,11-/m1/s1. The number of rotatable bonds is 6. The number of aliphatic hydroxyl groups is 1. The summed E-state index contributed by atoms with van der Waals surface area (Å²) in [7, 11) is 0. The normalized spacial score (nSPS) is 26.4. The van der Waals surface area contributed by atoms with E-state index >= 15 is 0 Å². The Morgan fingerprint density at radius 1 is 1.33 bits per heavy atom. The van der Waals surface area contributed by atoms with Crippen LogP contribution in [-0.2, 0) is 9.53 Å². The maximum Gasteiger partial charge on any atom is 0.308 e. The number of unbranched alkanes of at least 4 members (excludes halogenated alkanes) is 4. The minimum Gasteiger partial charge on any atom is -0.462 e. The van der Waals surface area contributed by atoms with Gasteiger partial charge in [0.25, 0.3) is 0 Å². The van der Waals surface area contributed by atoms with Gasteiger partial charge in [-0.05, 0) is 12.8 Å². The predicted octanol–water partition coefficient (Wildman–Crippen LogP) is 2.41. The van der Waals surface area contributed by atoms with Crippen molar-refractivity contribution in [1.29, 1.82) is 0 Å². The van der Waals surface area contributed by atoms with Gasteiger partial charge in [-0.3, -0.25) is 4.79 Å². The number of carbonyl (C=O) groups excluding carboxylic acids is 1. The highest BCUT2D eigenvalue weighted by Gasteiger charge is 2.26. The Hall–Kier alpha value is -0.570. The topological polar surface area (TPSA) is 46.5 Å². The van der Waals surface area contributed by atoms with Crippen molar-refractivity contribution in [3.05, 3.63) is 0 Å². The van der Waals surface area contributed by atoms with Crippen LogP contribution in [0.15, 0.2) is 0 Å². The van der Waals surface area contributed by atoms with E-state index in [2.05, 4.69) is 6.92 Å². The second-order valence-electron chi connectivity index (χ2n) is 4.41. The van der Waals surface area contributed by atoms with E-state index in [-0.39, 0.29) is 18.5 Å². The molecule has 1 rings (SSSR count). The molecular formula is C12H22O3. The molecule has 0 aromatic carbocycles. The molecule has 1 fully saturated rings. The number of hydrogen-bond acceptors (Lipinski definition) is 3. The Morgan fingerprint density at radius 3 is 2.73 bits per heavy atom. The van der Waals surface area contributed by atoms with Crippen LogP contribution in [0, 0.1) is 0 Å². The number of esters is 1. The number of ether oxygens (including phenoxy) is 1. The van der Waals surface area contributed by atoms with Crippen LogP contribution in [0.2, 0.25) is 0 Å². The van der Waals surface area contributed by atoms with Gasteiger partial charge >= 0.3 is 5.97 Å². The molecule has 0 unspecified atom stereocenters. The number of aliphatic hydroxyl groups excluding tert-OH is 1. The minimum atomic E-state index is -0.480. The van der Waals surface area contributed by atoms with Crippen LogP contribution in [0.25, 0.3) is 0 Å². The average Bonchev–Trinajstić information content (AvgIpc) is 2.16. The first-order valence-corrected chi connectivity index (χ1v) is 6.10. The Morgan fingerprint density at radius 2 is 2.07 bits per heavy atom. The zero-order valence-corrected chi connectivity index (χ0v) is 9.58. The van der Waals surface area contributed by atoms with Crippen LogP contribution < -0.4 is 0 Å². The van der Waals surface area contributed by atoms with E-state index in [4.69, 9.17) is 4.74 Å². The summed E-state index contributed by atoms with van der Waals surface area (Å²) in [5.41, 5.74) is 0. The Kier molecular flexibility index (Phi) is 5.69. The van der Waals surface area contributed by atoms with Gasteiger partial charge in [-0.15, -0.1) is 0 Å². The molecule has 1 saturated heterocycles. The van der Waals surface area contributed by atoms with Crippen LogP contribution >= 0.6 is 0 Å². The Bertz CT molecular complexity index is 191. The molecule has 0 amide bonds. The van der Waals surface area contributed by atoms with Crippen LogP contribution in [0.5, 0.6) is 0 Å². The molecule has 0 aromatic heterocycles. The smallest absolute Gasteiger partial charge is 0.308 e. The molecule has 1 N–H and O–H groups in total. The lowest BCUT2D eigenvalue weighted by atomic mass is 10.00. The number of hydrogen-bond donors (Lipinski definition) is 1. The first-order valence-electron chi connectivity index (χ1n) is 6.10. The van der Waals surface area contributed by atoms with Gasteiger partial charge in [0.05, 0.1) is 12.5 Å². The molecule has 3 nitrogen and oxygen atoms in total. The van der Waals surface area contributed by atoms with Crippen molar-refractivity contribution in [2.75, 3.05) is 0 Å². The fourth-order valence-electron chi connectivity index (χ4n) is 2.01. The maximum absolute atomic E-state index is 11.0. The highest BCUT2D eigenvalue weighted by molar-refractivity contribution is 5.70. The van der Waals surface area contributed by atoms with Gasteiger partial charge in [0.1, 0.15) is 6.10 Å². The van der Waals surface area contributed by atoms with Gasteiger partial charge in [-0.2, -0.15) is 0 Å². The third-order valence-corrected chi connectivity index (χ3v) is 2.87. The summed E-state index contributed by atoms with van der Waals surface area (Å²) in [4.78, 5) is 11.0. The summed E-state index contributed by atoms with van der Waals surface area (Å²) in [5, 5.41) is 9.39. The lowest BCUT2D eigenvalue weighted by Gasteiger charge is -2.25. The molecule has 88 valence electrons. The zero-order chi connectivity index (χ0) is 11.1. The molecule has 0 bridgehead atoms. The fraction of sp³-hybridized carbons (Fsp3) is 0.917. The van der Waals surface area contributed by atoms with Gasteiger partial charge < -0.3 is 9.84 Å². The zero-order valence-electron chi connectivity index (χ0n) is 9.58. The second-order valence-corrected chi connectivity index (χ2v) is 4.41. The van der Waals surface area contributed by atoms with Gasteiger partial charge in [-0.25, -0.2) is 0 Å². The van der Waals surface area contributed by atoms with Gasteiger partial charge in [0.2, 0.25) is 0 Å². The SMILES string of the molecule is CCCCCCC[C@@H]1C[C@@H](O)CC(=O)O1. The lowest BCUT2D eigenvalue weighted by molar-refractivity contribution is -0.160. The summed E-state index contributed by atoms with van der Waals surface area (Å²) in [6.45, 7) is 2.19. The van der Waals surface area contributed by atoms with E-state index in [0.717, 1.165) is 12.8 Å². The molecule has 0 aromatic rings. The van der Waals surface area contributed by atoms with Crippen LogP contribution in [0.3, 0.4) is 0 Å². The van der Waals surface area contributed by atoms with E-state index < -0.39 is 6.10 Å². The van der Waals surface area contributed by atoms with Crippen LogP contribution in [0.1, 0.15) is 58.3 Å². The van der Waals surface area contributed by atoms with E-state index in [1.807, 2.05) is 0 Å². The van der Waals surface area contributed by atoms with Crippen molar-refractivity contribution in [3.8, 4) is 0 Å². The Balaban J connectivity index is 2.07. The van der Waals surface area contributed by atoms with E-state index in [0.29, 0.717) is 6.42 Å². The van der Waals surface area contributed by atoms with Crippen molar-refractivity contribution in [2.45, 2.75) is 70.5 Å². The molecule has 1 heterocycles. The van der Waals surface area contributed by atoms with Crippen molar-refractivity contribution < 1.29 is 14.6 Å². The molecule has 15 heavy (non-hydrogen) atoms. The molecule has 0 spiro atoms. The van der Waals surface area contributed by atoms with Crippen molar-refractivity contribution >= 4 is 5.97 Å². The lowest BCUT2D eigenvalue weighted by Crippen LogP contribution is -2.32. The van der Waals surface area contributed by atoms with Crippen molar-refractivity contribution in [2.24, 2.45) is 0 Å². The van der Waals surface area contributed by atoms with Gasteiger partial charge in [-0.1, -0.05) is 32.6 Å². The first kappa shape index (κ1) is 12.5. The van der Waals surface area contributed by atoms with E-state index in [1.165, 1.54) is 25.7 Å². The van der Waals surface area contributed by atoms with E-state index in [9.17, 15) is 9.90 Å². The highest BCUT2D eigenvalue weighted by Crippen LogP contribution is 2.20. The summed E-state index contributed by atoms with van der Waals surface area (Å²) in [6, 6.07) is 0. The maximum atomic E-state index is 11.0. The van der Waals surface area contributed by atoms with Gasteiger partial charge in [0.15, 0.2) is 0 Å². The average molecular weight is 214 g/mol. The largest absolute Gasteiger partial charge is 0.462 e. The molecule has 2 atom stereocenters. The quantitative estimate of drug-likeness (QED) is 0.545. The molecule has 1 aliphatic heterocycles. The summed E-state index contributed by atoms with van der Waals surface area (Å²) in [6.07, 6.45) is 7.29. The first-order chi connectivity index (χ1) is 7.22. The molecule has 0 aliphatic carbocycles. The predicted molar refractivity (Wildman–Crippen MR) is 58.5 cm³/mol. The second kappa shape index (κ2) is 6.83. The number of cyclic esters (lactones) is 1. The molecule has 3 heteroatoms. The fourth-order valence-corrected chi connectivity index (χ4v) is 2.01.